The molecular formula is C13H11N3O2. The molecule has 1 atom stereocenters. The largest absolute Gasteiger partial charge is 0.465 e. The minimum Gasteiger partial charge on any atom is -0.465 e. The van der Waals surface area contributed by atoms with Crippen molar-refractivity contribution in [3.63, 3.8) is 0 Å². The van der Waals surface area contributed by atoms with Crippen molar-refractivity contribution >= 4 is 17.9 Å². The first-order chi connectivity index (χ1) is 8.72. The summed E-state index contributed by atoms with van der Waals surface area (Å²) in [6.45, 7) is 0. The SMILES string of the molecule is COC(=O)c1ccccc1N=CC(C#N)CC#N. The van der Waals surface area contributed by atoms with E-state index in [-0.39, 0.29) is 6.42 Å². The summed E-state index contributed by atoms with van der Waals surface area (Å²) in [7, 11) is 1.29. The van der Waals surface area contributed by atoms with Gasteiger partial charge < -0.3 is 4.74 Å². The van der Waals surface area contributed by atoms with Crippen LogP contribution in [-0.4, -0.2) is 19.3 Å². The van der Waals surface area contributed by atoms with Crippen molar-refractivity contribution in [2.75, 3.05) is 7.11 Å². The number of para-hydroxylation sites is 1. The molecule has 90 valence electrons. The normalized spacial score (nSPS) is 11.5. The molecule has 0 amide bonds. The van der Waals surface area contributed by atoms with E-state index in [0.29, 0.717) is 11.3 Å². The van der Waals surface area contributed by atoms with Crippen molar-refractivity contribution < 1.29 is 9.53 Å². The van der Waals surface area contributed by atoms with Crippen LogP contribution in [0.15, 0.2) is 29.3 Å². The monoisotopic (exact) mass is 241 g/mol. The van der Waals surface area contributed by atoms with E-state index in [1.54, 1.807) is 24.3 Å². The Morgan fingerprint density at radius 3 is 2.83 bits per heavy atom. The third kappa shape index (κ3) is 3.43. The third-order valence-corrected chi connectivity index (χ3v) is 2.18. The van der Waals surface area contributed by atoms with E-state index < -0.39 is 11.9 Å². The predicted octanol–water partition coefficient (Wildman–Crippen LogP) is 2.23. The minimum absolute atomic E-state index is 0.0698. The smallest absolute Gasteiger partial charge is 0.340 e. The van der Waals surface area contributed by atoms with Gasteiger partial charge >= 0.3 is 5.97 Å². The number of aliphatic imine (C=N–C) groups is 1. The second-order valence-corrected chi connectivity index (χ2v) is 3.38. The van der Waals surface area contributed by atoms with Gasteiger partial charge in [-0.25, -0.2) is 4.79 Å². The van der Waals surface area contributed by atoms with Crippen molar-refractivity contribution in [1.29, 1.82) is 10.5 Å². The summed E-state index contributed by atoms with van der Waals surface area (Å²) in [6, 6.07) is 10.5. The highest BCUT2D eigenvalue weighted by Gasteiger charge is 2.10. The highest BCUT2D eigenvalue weighted by molar-refractivity contribution is 5.95. The Labute approximate surface area is 105 Å². The number of carbonyl (C=O) groups is 1. The van der Waals surface area contributed by atoms with Crippen molar-refractivity contribution in [2.45, 2.75) is 6.42 Å². The lowest BCUT2D eigenvalue weighted by Crippen LogP contribution is -2.02. The van der Waals surface area contributed by atoms with Crippen molar-refractivity contribution in [3.05, 3.63) is 29.8 Å². The van der Waals surface area contributed by atoms with Gasteiger partial charge in [0.2, 0.25) is 0 Å². The highest BCUT2D eigenvalue weighted by atomic mass is 16.5. The molecule has 0 radical (unpaired) electrons. The van der Waals surface area contributed by atoms with Crippen LogP contribution in [0.1, 0.15) is 16.8 Å². The Hall–Kier alpha value is -2.66. The molecule has 0 aromatic heterocycles. The van der Waals surface area contributed by atoms with Crippen LogP contribution < -0.4 is 0 Å². The first kappa shape index (κ1) is 13.4. The lowest BCUT2D eigenvalue weighted by Gasteiger charge is -2.03. The van der Waals surface area contributed by atoms with Crippen LogP contribution in [0, 0.1) is 28.6 Å². The Kier molecular flexibility index (Phi) is 5.08. The fourth-order valence-electron chi connectivity index (χ4n) is 1.27. The molecule has 0 aliphatic carbocycles. The molecule has 0 fully saturated rings. The summed E-state index contributed by atoms with van der Waals surface area (Å²) in [6.07, 6.45) is 1.44. The number of ether oxygens (including phenoxy) is 1. The third-order valence-electron chi connectivity index (χ3n) is 2.18. The quantitative estimate of drug-likeness (QED) is 0.597. The lowest BCUT2D eigenvalue weighted by atomic mass is 10.1. The van der Waals surface area contributed by atoms with Gasteiger partial charge in [0.25, 0.3) is 0 Å². The fourth-order valence-corrected chi connectivity index (χ4v) is 1.27. The van der Waals surface area contributed by atoms with Crippen molar-refractivity contribution in [1.82, 2.24) is 0 Å². The van der Waals surface area contributed by atoms with Crippen LogP contribution in [0.3, 0.4) is 0 Å². The van der Waals surface area contributed by atoms with Gasteiger partial charge in [-0.1, -0.05) is 12.1 Å². The van der Waals surface area contributed by atoms with Crippen molar-refractivity contribution in [3.8, 4) is 12.1 Å². The molecule has 0 bridgehead atoms. The molecule has 5 heteroatoms. The van der Waals surface area contributed by atoms with E-state index in [2.05, 4.69) is 9.73 Å². The summed E-state index contributed by atoms with van der Waals surface area (Å²) >= 11 is 0. The van der Waals surface area contributed by atoms with Gasteiger partial charge in [0.15, 0.2) is 0 Å². The van der Waals surface area contributed by atoms with Gasteiger partial charge in [0.05, 0.1) is 42.8 Å². The standard InChI is InChI=1S/C13H11N3O2/c1-18-13(17)11-4-2-3-5-12(11)16-9-10(8-15)6-7-14/h2-5,9-10H,6H2,1H3. The van der Waals surface area contributed by atoms with Gasteiger partial charge in [-0.2, -0.15) is 10.5 Å². The van der Waals surface area contributed by atoms with Gasteiger partial charge in [-0.3, -0.25) is 4.99 Å². The van der Waals surface area contributed by atoms with Crippen LogP contribution >= 0.6 is 0 Å². The molecular weight excluding hydrogens is 230 g/mol. The Morgan fingerprint density at radius 1 is 1.50 bits per heavy atom. The molecule has 0 heterocycles. The van der Waals surface area contributed by atoms with E-state index in [0.717, 1.165) is 0 Å². The second-order valence-electron chi connectivity index (χ2n) is 3.38. The molecule has 1 unspecified atom stereocenters. The molecule has 0 N–H and O–H groups in total. The molecule has 0 spiro atoms. The maximum Gasteiger partial charge on any atom is 0.340 e. The number of hydrogen-bond acceptors (Lipinski definition) is 5. The van der Waals surface area contributed by atoms with Gasteiger partial charge in [0.1, 0.15) is 0 Å². The second kappa shape index (κ2) is 6.82. The van der Waals surface area contributed by atoms with E-state index in [1.807, 2.05) is 12.1 Å². The average Bonchev–Trinajstić information content (AvgIpc) is 2.43. The topological polar surface area (TPSA) is 86.2 Å². The Bertz CT molecular complexity index is 538. The van der Waals surface area contributed by atoms with Crippen molar-refractivity contribution in [2.24, 2.45) is 10.9 Å². The number of carbonyl (C=O) groups excluding carboxylic acids is 1. The molecule has 1 rings (SSSR count). The molecule has 18 heavy (non-hydrogen) atoms. The first-order valence-corrected chi connectivity index (χ1v) is 5.21. The first-order valence-electron chi connectivity index (χ1n) is 5.21. The average molecular weight is 241 g/mol. The summed E-state index contributed by atoms with van der Waals surface area (Å²) < 4.78 is 4.63. The molecule has 5 nitrogen and oxygen atoms in total. The Morgan fingerprint density at radius 2 is 2.22 bits per heavy atom. The maximum absolute atomic E-state index is 11.5. The summed E-state index contributed by atoms with van der Waals surface area (Å²) in [5.74, 6) is -1.07. The highest BCUT2D eigenvalue weighted by Crippen LogP contribution is 2.19. The number of esters is 1. The Balaban J connectivity index is 2.98. The summed E-state index contributed by atoms with van der Waals surface area (Å²) in [4.78, 5) is 15.5. The van der Waals surface area contributed by atoms with Crippen LogP contribution in [0.25, 0.3) is 0 Å². The maximum atomic E-state index is 11.5. The minimum atomic E-state index is -0.583. The van der Waals surface area contributed by atoms with Gasteiger partial charge in [-0.05, 0) is 12.1 Å². The van der Waals surface area contributed by atoms with Crippen LogP contribution in [0.5, 0.6) is 0 Å². The van der Waals surface area contributed by atoms with Crippen LogP contribution in [0.4, 0.5) is 5.69 Å². The zero-order chi connectivity index (χ0) is 13.4. The molecule has 0 aliphatic rings. The van der Waals surface area contributed by atoms with Crippen LogP contribution in [0.2, 0.25) is 0 Å². The zero-order valence-electron chi connectivity index (χ0n) is 9.83. The molecule has 1 aromatic carbocycles. The molecule has 0 saturated heterocycles. The van der Waals surface area contributed by atoms with Gasteiger partial charge in [-0.15, -0.1) is 0 Å². The fraction of sp³-hybridized carbons (Fsp3) is 0.231. The zero-order valence-corrected chi connectivity index (χ0v) is 9.83. The number of hydrogen-bond donors (Lipinski definition) is 0. The molecule has 0 aliphatic heterocycles. The lowest BCUT2D eigenvalue weighted by molar-refractivity contribution is 0.0601. The van der Waals surface area contributed by atoms with E-state index in [4.69, 9.17) is 10.5 Å². The molecule has 1 aromatic rings. The van der Waals surface area contributed by atoms with Gasteiger partial charge in [0, 0.05) is 6.21 Å². The number of nitriles is 2. The summed E-state index contributed by atoms with van der Waals surface area (Å²) in [5, 5.41) is 17.3. The number of methoxy groups -OCH3 is 1. The number of benzene rings is 1. The van der Waals surface area contributed by atoms with E-state index in [1.165, 1.54) is 13.3 Å². The van der Waals surface area contributed by atoms with Crippen LogP contribution in [-0.2, 0) is 4.74 Å². The molecule has 0 saturated carbocycles. The predicted molar refractivity (Wildman–Crippen MR) is 65.3 cm³/mol. The summed E-state index contributed by atoms with van der Waals surface area (Å²) in [5.41, 5.74) is 0.743. The number of rotatable bonds is 4. The van der Waals surface area contributed by atoms with E-state index in [9.17, 15) is 4.79 Å². The van der Waals surface area contributed by atoms with E-state index >= 15 is 0 Å². The number of nitrogens with zero attached hydrogens (tertiary/aromatic N) is 3.